The molecule has 3 nitrogen and oxygen atoms in total. The van der Waals surface area contributed by atoms with Crippen LogP contribution in [0, 0.1) is 5.92 Å². The number of rotatable bonds is 5. The van der Waals surface area contributed by atoms with E-state index in [1.165, 1.54) is 25.9 Å². The monoisotopic (exact) mass is 227 g/mol. The number of nitrogens with two attached hydrogens (primary N) is 1. The molecular weight excluding hydrogens is 198 g/mol. The highest BCUT2D eigenvalue weighted by molar-refractivity contribution is 4.94. The molecule has 0 radical (unpaired) electrons. The Hall–Kier alpha value is -0.120. The van der Waals surface area contributed by atoms with Crippen LogP contribution in [0.15, 0.2) is 0 Å². The first kappa shape index (κ1) is 13.9. The van der Waals surface area contributed by atoms with Crippen molar-refractivity contribution in [1.82, 2.24) is 9.80 Å². The van der Waals surface area contributed by atoms with Crippen LogP contribution < -0.4 is 5.73 Å². The van der Waals surface area contributed by atoms with Gasteiger partial charge in [-0.25, -0.2) is 0 Å². The zero-order valence-electron chi connectivity index (χ0n) is 11.7. The van der Waals surface area contributed by atoms with Gasteiger partial charge in [-0.15, -0.1) is 0 Å². The van der Waals surface area contributed by atoms with Crippen LogP contribution in [0.2, 0.25) is 0 Å². The van der Waals surface area contributed by atoms with Crippen molar-refractivity contribution in [1.29, 1.82) is 0 Å². The fourth-order valence-corrected chi connectivity index (χ4v) is 2.87. The average Bonchev–Trinajstić information content (AvgIpc) is 2.65. The summed E-state index contributed by atoms with van der Waals surface area (Å²) in [6, 6.07) is 0.707. The van der Waals surface area contributed by atoms with Gasteiger partial charge in [0, 0.05) is 31.2 Å². The van der Waals surface area contributed by atoms with E-state index in [-0.39, 0.29) is 5.54 Å². The topological polar surface area (TPSA) is 32.5 Å². The lowest BCUT2D eigenvalue weighted by molar-refractivity contribution is 0.108. The van der Waals surface area contributed by atoms with Crippen molar-refractivity contribution in [3.8, 4) is 0 Å². The Morgan fingerprint density at radius 1 is 1.44 bits per heavy atom. The quantitative estimate of drug-likeness (QED) is 0.770. The van der Waals surface area contributed by atoms with E-state index in [1.54, 1.807) is 0 Å². The Kier molecular flexibility index (Phi) is 4.77. The van der Waals surface area contributed by atoms with Crippen molar-refractivity contribution >= 4 is 0 Å². The van der Waals surface area contributed by atoms with E-state index >= 15 is 0 Å². The van der Waals surface area contributed by atoms with Gasteiger partial charge in [-0.1, -0.05) is 13.8 Å². The van der Waals surface area contributed by atoms with E-state index in [2.05, 4.69) is 44.7 Å². The SMILES string of the molecule is CC(C)CC(C)(CN)N1CCC(N(C)C)C1. The van der Waals surface area contributed by atoms with Crippen molar-refractivity contribution in [2.45, 2.75) is 45.2 Å². The summed E-state index contributed by atoms with van der Waals surface area (Å²) >= 11 is 0. The standard InChI is InChI=1S/C13H29N3/c1-11(2)8-13(3,10-14)16-7-6-12(9-16)15(4)5/h11-12H,6-10,14H2,1-5H3. The molecule has 1 aliphatic heterocycles. The van der Waals surface area contributed by atoms with Crippen LogP contribution in [0.5, 0.6) is 0 Å². The molecule has 3 heteroatoms. The third-order valence-electron chi connectivity index (χ3n) is 3.94. The number of hydrogen-bond acceptors (Lipinski definition) is 3. The molecule has 2 atom stereocenters. The molecule has 0 aromatic heterocycles. The summed E-state index contributed by atoms with van der Waals surface area (Å²) in [6.07, 6.45) is 2.48. The van der Waals surface area contributed by atoms with Crippen LogP contribution in [0.4, 0.5) is 0 Å². The largest absolute Gasteiger partial charge is 0.329 e. The van der Waals surface area contributed by atoms with Gasteiger partial charge in [-0.3, -0.25) is 4.90 Å². The molecule has 1 saturated heterocycles. The molecule has 0 bridgehead atoms. The summed E-state index contributed by atoms with van der Waals surface area (Å²) < 4.78 is 0. The van der Waals surface area contributed by atoms with Crippen molar-refractivity contribution in [2.24, 2.45) is 11.7 Å². The Bertz CT molecular complexity index is 215. The molecule has 2 N–H and O–H groups in total. The first-order valence-corrected chi connectivity index (χ1v) is 6.50. The van der Waals surface area contributed by atoms with Gasteiger partial charge >= 0.3 is 0 Å². The van der Waals surface area contributed by atoms with Crippen molar-refractivity contribution < 1.29 is 0 Å². The van der Waals surface area contributed by atoms with Crippen LogP contribution in [-0.4, -0.2) is 55.1 Å². The maximum atomic E-state index is 6.00. The smallest absolute Gasteiger partial charge is 0.0306 e. The molecule has 0 spiro atoms. The molecule has 0 aliphatic carbocycles. The molecule has 1 rings (SSSR count). The van der Waals surface area contributed by atoms with E-state index in [0.717, 1.165) is 6.54 Å². The zero-order chi connectivity index (χ0) is 12.3. The fourth-order valence-electron chi connectivity index (χ4n) is 2.87. The van der Waals surface area contributed by atoms with Gasteiger partial charge in [-0.05, 0) is 39.8 Å². The third kappa shape index (κ3) is 3.19. The molecule has 2 unspecified atom stereocenters. The molecule has 0 saturated carbocycles. The van der Waals surface area contributed by atoms with E-state index < -0.39 is 0 Å². The summed E-state index contributed by atoms with van der Waals surface area (Å²) in [4.78, 5) is 4.93. The Balaban J connectivity index is 2.61. The maximum Gasteiger partial charge on any atom is 0.0306 e. The second kappa shape index (κ2) is 5.48. The molecule has 0 amide bonds. The van der Waals surface area contributed by atoms with Gasteiger partial charge in [0.15, 0.2) is 0 Å². The van der Waals surface area contributed by atoms with Gasteiger partial charge < -0.3 is 10.6 Å². The molecule has 0 aromatic carbocycles. The minimum Gasteiger partial charge on any atom is -0.329 e. The van der Waals surface area contributed by atoms with E-state index in [1.807, 2.05) is 0 Å². The second-order valence-corrected chi connectivity index (χ2v) is 6.15. The van der Waals surface area contributed by atoms with Gasteiger partial charge in [-0.2, -0.15) is 0 Å². The average molecular weight is 227 g/mol. The highest BCUT2D eigenvalue weighted by Crippen LogP contribution is 2.28. The zero-order valence-corrected chi connectivity index (χ0v) is 11.7. The van der Waals surface area contributed by atoms with Gasteiger partial charge in [0.2, 0.25) is 0 Å². The lowest BCUT2D eigenvalue weighted by atomic mass is 9.89. The molecule has 96 valence electrons. The molecule has 0 aromatic rings. The van der Waals surface area contributed by atoms with Crippen LogP contribution >= 0.6 is 0 Å². The van der Waals surface area contributed by atoms with Gasteiger partial charge in [0.1, 0.15) is 0 Å². The number of likely N-dealkylation sites (N-methyl/N-ethyl adjacent to an activating group) is 1. The van der Waals surface area contributed by atoms with Crippen LogP contribution in [0.25, 0.3) is 0 Å². The van der Waals surface area contributed by atoms with Gasteiger partial charge in [0.05, 0.1) is 0 Å². The number of likely N-dealkylation sites (tertiary alicyclic amines) is 1. The molecular formula is C13H29N3. The first-order chi connectivity index (χ1) is 7.39. The number of hydrogen-bond donors (Lipinski definition) is 1. The van der Waals surface area contributed by atoms with E-state index in [0.29, 0.717) is 12.0 Å². The normalized spacial score (nSPS) is 26.6. The highest BCUT2D eigenvalue weighted by atomic mass is 15.3. The molecule has 1 aliphatic rings. The molecule has 1 fully saturated rings. The predicted molar refractivity (Wildman–Crippen MR) is 70.6 cm³/mol. The van der Waals surface area contributed by atoms with Crippen molar-refractivity contribution in [3.05, 3.63) is 0 Å². The predicted octanol–water partition coefficient (Wildman–Crippen LogP) is 1.39. The van der Waals surface area contributed by atoms with Crippen LogP contribution in [-0.2, 0) is 0 Å². The summed E-state index contributed by atoms with van der Waals surface area (Å²) in [5.74, 6) is 0.715. The Morgan fingerprint density at radius 3 is 2.44 bits per heavy atom. The minimum atomic E-state index is 0.193. The number of nitrogens with zero attached hydrogens (tertiary/aromatic N) is 2. The lowest BCUT2D eigenvalue weighted by Crippen LogP contribution is -2.52. The second-order valence-electron chi connectivity index (χ2n) is 6.15. The summed E-state index contributed by atoms with van der Waals surface area (Å²) in [5, 5.41) is 0. The third-order valence-corrected chi connectivity index (χ3v) is 3.94. The lowest BCUT2D eigenvalue weighted by Gasteiger charge is -2.39. The van der Waals surface area contributed by atoms with Gasteiger partial charge in [0.25, 0.3) is 0 Å². The first-order valence-electron chi connectivity index (χ1n) is 6.50. The van der Waals surface area contributed by atoms with Crippen LogP contribution in [0.3, 0.4) is 0 Å². The Morgan fingerprint density at radius 2 is 2.06 bits per heavy atom. The summed E-state index contributed by atoms with van der Waals surface area (Å²) in [5.41, 5.74) is 6.19. The Labute approximate surface area is 101 Å². The van der Waals surface area contributed by atoms with E-state index in [4.69, 9.17) is 5.73 Å². The fraction of sp³-hybridized carbons (Fsp3) is 1.00. The maximum absolute atomic E-state index is 6.00. The van der Waals surface area contributed by atoms with E-state index in [9.17, 15) is 0 Å². The molecule has 1 heterocycles. The molecule has 16 heavy (non-hydrogen) atoms. The summed E-state index contributed by atoms with van der Waals surface area (Å²) in [7, 11) is 4.35. The highest BCUT2D eigenvalue weighted by Gasteiger charge is 2.36. The minimum absolute atomic E-state index is 0.193. The van der Waals surface area contributed by atoms with Crippen molar-refractivity contribution in [3.63, 3.8) is 0 Å². The van der Waals surface area contributed by atoms with Crippen LogP contribution in [0.1, 0.15) is 33.6 Å². The van der Waals surface area contributed by atoms with Crippen molar-refractivity contribution in [2.75, 3.05) is 33.7 Å². The summed E-state index contributed by atoms with van der Waals surface area (Å²) in [6.45, 7) is 10.0.